The van der Waals surface area contributed by atoms with Gasteiger partial charge in [0, 0.05) is 31.2 Å². The third kappa shape index (κ3) is 2.62. The summed E-state index contributed by atoms with van der Waals surface area (Å²) in [6.45, 7) is 1.49. The molecule has 0 radical (unpaired) electrons. The standard InChI is InChI=1S/C18H18N6/c19-16-17(21-11-13-4-3-8-20-10-13)22-12-23-18(16)24-9-7-14-5-1-2-6-15(14)24/h1-6,8,10,12H,7,9,11,19H2,(H,21,22,23). The Morgan fingerprint density at radius 1 is 1.12 bits per heavy atom. The van der Waals surface area contributed by atoms with Gasteiger partial charge < -0.3 is 16.0 Å². The monoisotopic (exact) mass is 318 g/mol. The number of nitrogens with two attached hydrogens (primary N) is 1. The van der Waals surface area contributed by atoms with Crippen LogP contribution in [0.5, 0.6) is 0 Å². The molecule has 0 bridgehead atoms. The molecule has 0 saturated carbocycles. The second kappa shape index (κ2) is 6.16. The topological polar surface area (TPSA) is 80.0 Å². The number of hydrogen-bond donors (Lipinski definition) is 2. The van der Waals surface area contributed by atoms with Crippen LogP contribution in [0.4, 0.5) is 23.0 Å². The zero-order chi connectivity index (χ0) is 16.4. The summed E-state index contributed by atoms with van der Waals surface area (Å²) in [5.41, 5.74) is 10.5. The summed E-state index contributed by atoms with van der Waals surface area (Å²) in [6.07, 6.45) is 6.13. The Morgan fingerprint density at radius 2 is 2.04 bits per heavy atom. The first-order chi connectivity index (χ1) is 11.8. The molecule has 0 atom stereocenters. The molecule has 3 aromatic rings. The van der Waals surface area contributed by atoms with Gasteiger partial charge in [-0.05, 0) is 29.7 Å². The molecule has 0 amide bonds. The average molecular weight is 318 g/mol. The van der Waals surface area contributed by atoms with Crippen molar-refractivity contribution in [2.45, 2.75) is 13.0 Å². The van der Waals surface area contributed by atoms with Gasteiger partial charge in [0.2, 0.25) is 0 Å². The van der Waals surface area contributed by atoms with E-state index in [0.29, 0.717) is 18.1 Å². The van der Waals surface area contributed by atoms with Crippen LogP contribution in [0.15, 0.2) is 55.1 Å². The number of nitrogen functional groups attached to an aromatic ring is 1. The first kappa shape index (κ1) is 14.4. The molecule has 1 aliphatic heterocycles. The quantitative estimate of drug-likeness (QED) is 0.770. The molecule has 3 N–H and O–H groups in total. The lowest BCUT2D eigenvalue weighted by molar-refractivity contribution is 0.964. The van der Waals surface area contributed by atoms with Gasteiger partial charge in [-0.2, -0.15) is 0 Å². The summed E-state index contributed by atoms with van der Waals surface area (Å²) < 4.78 is 0. The molecule has 0 aliphatic carbocycles. The molecule has 2 aromatic heterocycles. The molecule has 4 rings (SSSR count). The molecular weight excluding hydrogens is 300 g/mol. The maximum atomic E-state index is 6.34. The van der Waals surface area contributed by atoms with E-state index >= 15 is 0 Å². The van der Waals surface area contributed by atoms with Gasteiger partial charge in [0.1, 0.15) is 12.0 Å². The molecule has 24 heavy (non-hydrogen) atoms. The highest BCUT2D eigenvalue weighted by molar-refractivity contribution is 5.81. The van der Waals surface area contributed by atoms with Crippen LogP contribution in [0.25, 0.3) is 0 Å². The third-order valence-electron chi connectivity index (χ3n) is 4.19. The number of aromatic nitrogens is 3. The van der Waals surface area contributed by atoms with Crippen molar-refractivity contribution in [1.29, 1.82) is 0 Å². The minimum absolute atomic E-state index is 0.568. The first-order valence-electron chi connectivity index (χ1n) is 7.91. The average Bonchev–Trinajstić information content (AvgIpc) is 3.06. The zero-order valence-corrected chi connectivity index (χ0v) is 13.2. The number of fused-ring (bicyclic) bond motifs is 1. The predicted octanol–water partition coefficient (Wildman–Crippen LogP) is 2.76. The van der Waals surface area contributed by atoms with E-state index < -0.39 is 0 Å². The van der Waals surface area contributed by atoms with E-state index in [1.165, 1.54) is 11.3 Å². The number of anilines is 4. The van der Waals surface area contributed by atoms with Gasteiger partial charge in [0.25, 0.3) is 0 Å². The molecule has 1 aliphatic rings. The maximum Gasteiger partial charge on any atom is 0.161 e. The highest BCUT2D eigenvalue weighted by Crippen LogP contribution is 2.37. The highest BCUT2D eigenvalue weighted by atomic mass is 15.2. The van der Waals surface area contributed by atoms with Crippen LogP contribution >= 0.6 is 0 Å². The molecule has 0 spiro atoms. The van der Waals surface area contributed by atoms with Gasteiger partial charge in [-0.15, -0.1) is 0 Å². The smallest absolute Gasteiger partial charge is 0.161 e. The predicted molar refractivity (Wildman–Crippen MR) is 95.2 cm³/mol. The minimum atomic E-state index is 0.568. The number of rotatable bonds is 4. The second-order valence-electron chi connectivity index (χ2n) is 5.70. The van der Waals surface area contributed by atoms with Gasteiger partial charge >= 0.3 is 0 Å². The molecule has 6 heteroatoms. The lowest BCUT2D eigenvalue weighted by atomic mass is 10.2. The van der Waals surface area contributed by atoms with E-state index in [4.69, 9.17) is 5.73 Å². The Bertz CT molecular complexity index is 849. The summed E-state index contributed by atoms with van der Waals surface area (Å²) in [4.78, 5) is 15.0. The molecule has 120 valence electrons. The summed E-state index contributed by atoms with van der Waals surface area (Å²) in [5, 5.41) is 3.27. The molecular formula is C18H18N6. The summed E-state index contributed by atoms with van der Waals surface area (Å²) in [5.74, 6) is 1.40. The molecule has 1 aromatic carbocycles. The third-order valence-corrected chi connectivity index (χ3v) is 4.19. The number of nitrogens with zero attached hydrogens (tertiary/aromatic N) is 4. The SMILES string of the molecule is Nc1c(NCc2cccnc2)ncnc1N1CCc2ccccc21. The van der Waals surface area contributed by atoms with Crippen LogP contribution in [0.1, 0.15) is 11.1 Å². The Kier molecular flexibility index (Phi) is 3.70. The number of hydrogen-bond acceptors (Lipinski definition) is 6. The fraction of sp³-hybridized carbons (Fsp3) is 0.167. The van der Waals surface area contributed by atoms with E-state index in [-0.39, 0.29) is 0 Å². The second-order valence-corrected chi connectivity index (χ2v) is 5.70. The lowest BCUT2D eigenvalue weighted by Crippen LogP contribution is -2.18. The van der Waals surface area contributed by atoms with Crippen molar-refractivity contribution in [3.8, 4) is 0 Å². The van der Waals surface area contributed by atoms with E-state index in [1.807, 2.05) is 24.4 Å². The fourth-order valence-corrected chi connectivity index (χ4v) is 2.99. The Labute approximate surface area is 140 Å². The van der Waals surface area contributed by atoms with Crippen molar-refractivity contribution < 1.29 is 0 Å². The maximum absolute atomic E-state index is 6.34. The van der Waals surface area contributed by atoms with Crippen molar-refractivity contribution in [2.75, 3.05) is 22.5 Å². The minimum Gasteiger partial charge on any atom is -0.393 e. The van der Waals surface area contributed by atoms with E-state index in [2.05, 4.69) is 43.4 Å². The van der Waals surface area contributed by atoms with Gasteiger partial charge in [-0.3, -0.25) is 4.98 Å². The number of para-hydroxylation sites is 1. The summed E-state index contributed by atoms with van der Waals surface area (Å²) in [6, 6.07) is 12.3. The first-order valence-corrected chi connectivity index (χ1v) is 7.91. The Balaban J connectivity index is 1.60. The number of pyridine rings is 1. The van der Waals surface area contributed by atoms with Crippen LogP contribution in [-0.4, -0.2) is 21.5 Å². The van der Waals surface area contributed by atoms with Gasteiger partial charge in [-0.1, -0.05) is 24.3 Å². The van der Waals surface area contributed by atoms with Crippen molar-refractivity contribution in [3.05, 3.63) is 66.2 Å². The molecule has 3 heterocycles. The summed E-state index contributed by atoms with van der Waals surface area (Å²) in [7, 11) is 0. The molecule has 6 nitrogen and oxygen atoms in total. The van der Waals surface area contributed by atoms with Crippen LogP contribution in [-0.2, 0) is 13.0 Å². The van der Waals surface area contributed by atoms with E-state index in [9.17, 15) is 0 Å². The van der Waals surface area contributed by atoms with Crippen LogP contribution in [0, 0.1) is 0 Å². The van der Waals surface area contributed by atoms with Gasteiger partial charge in [0.15, 0.2) is 11.6 Å². The Hall–Kier alpha value is -3.15. The van der Waals surface area contributed by atoms with E-state index in [0.717, 1.165) is 24.3 Å². The van der Waals surface area contributed by atoms with Gasteiger partial charge in [0.05, 0.1) is 0 Å². The van der Waals surface area contributed by atoms with E-state index in [1.54, 1.807) is 12.5 Å². The van der Waals surface area contributed by atoms with Crippen LogP contribution in [0.3, 0.4) is 0 Å². The zero-order valence-electron chi connectivity index (χ0n) is 13.2. The van der Waals surface area contributed by atoms with Crippen molar-refractivity contribution in [3.63, 3.8) is 0 Å². The Morgan fingerprint density at radius 3 is 2.92 bits per heavy atom. The molecule has 0 fully saturated rings. The van der Waals surface area contributed by atoms with Crippen LogP contribution in [0.2, 0.25) is 0 Å². The summed E-state index contributed by atoms with van der Waals surface area (Å²) >= 11 is 0. The highest BCUT2D eigenvalue weighted by Gasteiger charge is 2.23. The number of nitrogens with one attached hydrogen (secondary N) is 1. The largest absolute Gasteiger partial charge is 0.393 e. The lowest BCUT2D eigenvalue weighted by Gasteiger charge is -2.21. The van der Waals surface area contributed by atoms with Crippen molar-refractivity contribution in [2.24, 2.45) is 0 Å². The molecule has 0 saturated heterocycles. The van der Waals surface area contributed by atoms with Gasteiger partial charge in [-0.25, -0.2) is 9.97 Å². The van der Waals surface area contributed by atoms with Crippen LogP contribution < -0.4 is 16.0 Å². The molecule has 0 unspecified atom stereocenters. The van der Waals surface area contributed by atoms with Crippen molar-refractivity contribution >= 4 is 23.0 Å². The van der Waals surface area contributed by atoms with Crippen molar-refractivity contribution in [1.82, 2.24) is 15.0 Å². The fourth-order valence-electron chi connectivity index (χ4n) is 2.99. The number of benzene rings is 1. The normalized spacial score (nSPS) is 12.9.